The van der Waals surface area contributed by atoms with Crippen molar-refractivity contribution in [3.05, 3.63) is 70.4 Å². The Balaban J connectivity index is 1.73. The number of aromatic nitrogens is 3. The highest BCUT2D eigenvalue weighted by atomic mass is 16.5. The summed E-state index contributed by atoms with van der Waals surface area (Å²) in [5, 5.41) is 0. The van der Waals surface area contributed by atoms with E-state index in [1.807, 2.05) is 24.3 Å². The van der Waals surface area contributed by atoms with Crippen molar-refractivity contribution >= 4 is 11.9 Å². The van der Waals surface area contributed by atoms with Gasteiger partial charge in [-0.3, -0.25) is 9.59 Å². The number of methoxy groups -OCH3 is 1. The first-order chi connectivity index (χ1) is 14.5. The van der Waals surface area contributed by atoms with E-state index in [2.05, 4.69) is 9.97 Å². The summed E-state index contributed by atoms with van der Waals surface area (Å²) in [6.07, 6.45) is 4.90. The lowest BCUT2D eigenvalue weighted by Gasteiger charge is -2.26. The standard InChI is InChI=1S/C22H23N5O3/c1-26-13-15(7-10-19(26)28)21(29)27-11-3-4-18(27)20-17(12-24-22(23)25-20)14-5-8-16(30-2)9-6-14/h5-10,12-13,18H,3-4,11H2,1-2H3,(H2,23,24,25). The van der Waals surface area contributed by atoms with E-state index in [-0.39, 0.29) is 23.5 Å². The summed E-state index contributed by atoms with van der Waals surface area (Å²) in [5.74, 6) is 0.790. The zero-order chi connectivity index (χ0) is 21.3. The Morgan fingerprint density at radius 3 is 2.67 bits per heavy atom. The molecule has 0 saturated carbocycles. The number of rotatable bonds is 4. The number of hydrogen-bond acceptors (Lipinski definition) is 6. The summed E-state index contributed by atoms with van der Waals surface area (Å²) < 4.78 is 6.65. The van der Waals surface area contributed by atoms with Gasteiger partial charge in [0.2, 0.25) is 11.5 Å². The Morgan fingerprint density at radius 2 is 1.97 bits per heavy atom. The van der Waals surface area contributed by atoms with Crippen LogP contribution in [0.25, 0.3) is 11.1 Å². The van der Waals surface area contributed by atoms with E-state index in [1.165, 1.54) is 10.6 Å². The van der Waals surface area contributed by atoms with Crippen LogP contribution in [-0.4, -0.2) is 39.0 Å². The molecular formula is C22H23N5O3. The highest BCUT2D eigenvalue weighted by Gasteiger charge is 2.33. The zero-order valence-electron chi connectivity index (χ0n) is 16.9. The van der Waals surface area contributed by atoms with E-state index in [9.17, 15) is 9.59 Å². The minimum absolute atomic E-state index is 0.133. The SMILES string of the molecule is COc1ccc(-c2cnc(N)nc2C2CCCN2C(=O)c2ccc(=O)n(C)c2)cc1. The molecule has 0 aliphatic carbocycles. The molecule has 1 amide bonds. The van der Waals surface area contributed by atoms with E-state index in [4.69, 9.17) is 10.5 Å². The van der Waals surface area contributed by atoms with Crippen LogP contribution in [0.4, 0.5) is 5.95 Å². The molecule has 1 saturated heterocycles. The third-order valence-electron chi connectivity index (χ3n) is 5.40. The summed E-state index contributed by atoms with van der Waals surface area (Å²) in [6, 6.07) is 10.4. The first kappa shape index (κ1) is 19.6. The van der Waals surface area contributed by atoms with Crippen LogP contribution in [0.1, 0.15) is 34.9 Å². The van der Waals surface area contributed by atoms with Gasteiger partial charge in [0.15, 0.2) is 0 Å². The lowest BCUT2D eigenvalue weighted by molar-refractivity contribution is 0.0732. The molecule has 1 aliphatic heterocycles. The van der Waals surface area contributed by atoms with Gasteiger partial charge in [-0.2, -0.15) is 0 Å². The average Bonchev–Trinajstić information content (AvgIpc) is 3.25. The number of hydrogen-bond donors (Lipinski definition) is 1. The van der Waals surface area contributed by atoms with Crippen LogP contribution in [-0.2, 0) is 7.05 Å². The molecule has 1 atom stereocenters. The topological polar surface area (TPSA) is 103 Å². The summed E-state index contributed by atoms with van der Waals surface area (Å²) in [5.41, 5.74) is 8.70. The molecular weight excluding hydrogens is 382 g/mol. The van der Waals surface area contributed by atoms with Gasteiger partial charge in [0.1, 0.15) is 5.75 Å². The van der Waals surface area contributed by atoms with Crippen LogP contribution >= 0.6 is 0 Å². The number of carbonyl (C=O) groups is 1. The number of aryl methyl sites for hydroxylation is 1. The van der Waals surface area contributed by atoms with Crippen LogP contribution in [0, 0.1) is 0 Å². The van der Waals surface area contributed by atoms with Crippen molar-refractivity contribution in [1.29, 1.82) is 0 Å². The second-order valence-corrected chi connectivity index (χ2v) is 7.28. The first-order valence-corrected chi connectivity index (χ1v) is 9.72. The van der Waals surface area contributed by atoms with Gasteiger partial charge < -0.3 is 19.9 Å². The van der Waals surface area contributed by atoms with Gasteiger partial charge in [-0.15, -0.1) is 0 Å². The fourth-order valence-electron chi connectivity index (χ4n) is 3.84. The Kier molecular flexibility index (Phi) is 5.22. The Bertz CT molecular complexity index is 1140. The van der Waals surface area contributed by atoms with Gasteiger partial charge in [0, 0.05) is 37.6 Å². The maximum absolute atomic E-state index is 13.2. The maximum atomic E-state index is 13.2. The summed E-state index contributed by atoms with van der Waals surface area (Å²) in [4.78, 5) is 35.4. The molecule has 0 radical (unpaired) electrons. The number of pyridine rings is 1. The number of amides is 1. The largest absolute Gasteiger partial charge is 0.497 e. The van der Waals surface area contributed by atoms with Crippen molar-refractivity contribution in [1.82, 2.24) is 19.4 Å². The molecule has 1 fully saturated rings. The number of nitrogens with two attached hydrogens (primary N) is 1. The molecule has 4 rings (SSSR count). The Labute approximate surface area is 173 Å². The van der Waals surface area contributed by atoms with Crippen LogP contribution in [0.5, 0.6) is 5.75 Å². The van der Waals surface area contributed by atoms with E-state index >= 15 is 0 Å². The van der Waals surface area contributed by atoms with Gasteiger partial charge >= 0.3 is 0 Å². The van der Waals surface area contributed by atoms with Gasteiger partial charge in [-0.05, 0) is 36.6 Å². The Morgan fingerprint density at radius 1 is 1.20 bits per heavy atom. The van der Waals surface area contributed by atoms with Gasteiger partial charge in [-0.1, -0.05) is 12.1 Å². The van der Waals surface area contributed by atoms with Crippen molar-refractivity contribution in [2.45, 2.75) is 18.9 Å². The second kappa shape index (κ2) is 7.98. The van der Waals surface area contributed by atoms with Crippen molar-refractivity contribution in [3.63, 3.8) is 0 Å². The van der Waals surface area contributed by atoms with Crippen molar-refractivity contribution in [3.8, 4) is 16.9 Å². The van der Waals surface area contributed by atoms with E-state index in [0.717, 1.165) is 35.4 Å². The molecule has 3 aromatic rings. The summed E-state index contributed by atoms with van der Waals surface area (Å²) >= 11 is 0. The molecule has 1 aliphatic rings. The normalized spacial score (nSPS) is 15.9. The summed E-state index contributed by atoms with van der Waals surface area (Å²) in [7, 11) is 3.25. The highest BCUT2D eigenvalue weighted by molar-refractivity contribution is 5.94. The van der Waals surface area contributed by atoms with Crippen LogP contribution < -0.4 is 16.0 Å². The first-order valence-electron chi connectivity index (χ1n) is 9.72. The number of carbonyl (C=O) groups excluding carboxylic acids is 1. The lowest BCUT2D eigenvalue weighted by atomic mass is 9.99. The van der Waals surface area contributed by atoms with E-state index < -0.39 is 0 Å². The highest BCUT2D eigenvalue weighted by Crippen LogP contribution is 2.37. The van der Waals surface area contributed by atoms with Crippen molar-refractivity contribution in [2.75, 3.05) is 19.4 Å². The van der Waals surface area contributed by atoms with Gasteiger partial charge in [-0.25, -0.2) is 9.97 Å². The molecule has 154 valence electrons. The summed E-state index contributed by atoms with van der Waals surface area (Å²) in [6.45, 7) is 0.609. The zero-order valence-corrected chi connectivity index (χ0v) is 16.9. The number of likely N-dealkylation sites (tertiary alicyclic amines) is 1. The monoisotopic (exact) mass is 405 g/mol. The molecule has 1 aromatic carbocycles. The molecule has 1 unspecified atom stereocenters. The molecule has 3 heterocycles. The fourth-order valence-corrected chi connectivity index (χ4v) is 3.84. The molecule has 30 heavy (non-hydrogen) atoms. The molecule has 2 aromatic heterocycles. The average molecular weight is 405 g/mol. The third kappa shape index (κ3) is 3.63. The number of nitrogens with zero attached hydrogens (tertiary/aromatic N) is 4. The Hall–Kier alpha value is -3.68. The van der Waals surface area contributed by atoms with Gasteiger partial charge in [0.05, 0.1) is 24.4 Å². The molecule has 2 N–H and O–H groups in total. The minimum Gasteiger partial charge on any atom is -0.497 e. The molecule has 0 spiro atoms. The molecule has 8 heteroatoms. The van der Waals surface area contributed by atoms with E-state index in [0.29, 0.717) is 12.1 Å². The third-order valence-corrected chi connectivity index (χ3v) is 5.40. The van der Waals surface area contributed by atoms with Crippen molar-refractivity contribution < 1.29 is 9.53 Å². The van der Waals surface area contributed by atoms with Crippen molar-refractivity contribution in [2.24, 2.45) is 7.05 Å². The molecule has 8 nitrogen and oxygen atoms in total. The minimum atomic E-state index is -0.225. The predicted molar refractivity (Wildman–Crippen MR) is 113 cm³/mol. The number of anilines is 1. The van der Waals surface area contributed by atoms with Crippen LogP contribution in [0.2, 0.25) is 0 Å². The van der Waals surface area contributed by atoms with E-state index in [1.54, 1.807) is 37.5 Å². The lowest BCUT2D eigenvalue weighted by Crippen LogP contribution is -2.32. The maximum Gasteiger partial charge on any atom is 0.255 e. The fraction of sp³-hybridized carbons (Fsp3) is 0.273. The predicted octanol–water partition coefficient (Wildman–Crippen LogP) is 2.41. The smallest absolute Gasteiger partial charge is 0.255 e. The van der Waals surface area contributed by atoms with Crippen LogP contribution in [0.15, 0.2) is 53.6 Å². The second-order valence-electron chi connectivity index (χ2n) is 7.28. The van der Waals surface area contributed by atoms with Crippen LogP contribution in [0.3, 0.4) is 0 Å². The number of benzene rings is 1. The number of nitrogen functional groups attached to an aromatic ring is 1. The quantitative estimate of drug-likeness (QED) is 0.715. The number of ether oxygens (including phenoxy) is 1. The molecule has 0 bridgehead atoms. The van der Waals surface area contributed by atoms with Gasteiger partial charge in [0.25, 0.3) is 5.91 Å².